The molecule has 5 atom stereocenters. The van der Waals surface area contributed by atoms with Crippen LogP contribution in [0, 0.1) is 11.8 Å². The Morgan fingerprint density at radius 1 is 1.25 bits per heavy atom. The van der Waals surface area contributed by atoms with Crippen molar-refractivity contribution in [3.05, 3.63) is 59.2 Å². The van der Waals surface area contributed by atoms with Gasteiger partial charge in [-0.3, -0.25) is 15.0 Å². The number of fused-ring (bicyclic) bond motifs is 1. The van der Waals surface area contributed by atoms with E-state index in [-0.39, 0.29) is 17.5 Å². The summed E-state index contributed by atoms with van der Waals surface area (Å²) in [5.74, 6) is 1.93. The molecule has 0 saturated carbocycles. The second-order valence-electron chi connectivity index (χ2n) is 11.4. The van der Waals surface area contributed by atoms with Crippen LogP contribution in [0.25, 0.3) is 0 Å². The Bertz CT molecular complexity index is 1090. The first-order valence-electron chi connectivity index (χ1n) is 13.3. The van der Waals surface area contributed by atoms with Crippen molar-refractivity contribution in [3.8, 4) is 11.5 Å². The van der Waals surface area contributed by atoms with Gasteiger partial charge in [0.1, 0.15) is 11.5 Å². The fourth-order valence-electron chi connectivity index (χ4n) is 5.88. The van der Waals surface area contributed by atoms with E-state index in [0.29, 0.717) is 30.6 Å². The van der Waals surface area contributed by atoms with E-state index in [1.54, 1.807) is 13.2 Å². The van der Waals surface area contributed by atoms with Crippen molar-refractivity contribution in [1.29, 1.82) is 0 Å². The van der Waals surface area contributed by atoms with E-state index >= 15 is 0 Å². The molecule has 1 saturated heterocycles. The number of phenolic OH excluding ortho intramolecular Hbond substituents is 1. The van der Waals surface area contributed by atoms with Gasteiger partial charge in [0.2, 0.25) is 5.91 Å². The van der Waals surface area contributed by atoms with Crippen LogP contribution in [0.15, 0.2) is 42.5 Å². The summed E-state index contributed by atoms with van der Waals surface area (Å²) in [5, 5.41) is 17.0. The van der Waals surface area contributed by atoms with E-state index in [9.17, 15) is 9.90 Å². The molecule has 0 aliphatic carbocycles. The number of nitrogens with zero attached hydrogens (tertiary/aromatic N) is 1. The number of nitrogens with one attached hydrogen (secondary N) is 2. The molecule has 6 nitrogen and oxygen atoms in total. The van der Waals surface area contributed by atoms with E-state index in [1.807, 2.05) is 25.1 Å². The fraction of sp³-hybridized carbons (Fsp3) is 0.567. The zero-order chi connectivity index (χ0) is 26.1. The highest BCUT2D eigenvalue weighted by atomic mass is 16.5. The number of aromatic hydroxyl groups is 1. The topological polar surface area (TPSA) is 73.8 Å². The van der Waals surface area contributed by atoms with E-state index in [2.05, 4.69) is 61.4 Å². The lowest BCUT2D eigenvalue weighted by molar-refractivity contribution is -0.130. The normalized spacial score (nSPS) is 28.1. The lowest BCUT2D eigenvalue weighted by Gasteiger charge is -2.49. The van der Waals surface area contributed by atoms with E-state index in [4.69, 9.17) is 4.74 Å². The van der Waals surface area contributed by atoms with Crippen molar-refractivity contribution in [3.63, 3.8) is 0 Å². The summed E-state index contributed by atoms with van der Waals surface area (Å²) in [4.78, 5) is 16.2. The molecule has 0 radical (unpaired) electrons. The van der Waals surface area contributed by atoms with E-state index < -0.39 is 5.54 Å². The third-order valence-electron chi connectivity index (χ3n) is 9.00. The number of amides is 1. The summed E-state index contributed by atoms with van der Waals surface area (Å²) in [7, 11) is 1.68. The van der Waals surface area contributed by atoms with Crippen LogP contribution in [0.4, 0.5) is 0 Å². The number of methoxy groups -OCH3 is 1. The molecule has 2 heterocycles. The van der Waals surface area contributed by atoms with Gasteiger partial charge in [-0.25, -0.2) is 0 Å². The van der Waals surface area contributed by atoms with Gasteiger partial charge in [0, 0.05) is 19.6 Å². The van der Waals surface area contributed by atoms with Crippen LogP contribution >= 0.6 is 0 Å². The number of phenols is 1. The van der Waals surface area contributed by atoms with Gasteiger partial charge < -0.3 is 15.2 Å². The first kappa shape index (κ1) is 26.5. The Morgan fingerprint density at radius 2 is 2.03 bits per heavy atom. The van der Waals surface area contributed by atoms with Gasteiger partial charge in [-0.05, 0) is 78.0 Å². The number of piperidine rings is 1. The third kappa shape index (κ3) is 5.12. The number of carbonyl (C=O) groups is 1. The van der Waals surface area contributed by atoms with Crippen molar-refractivity contribution in [2.45, 2.75) is 77.5 Å². The summed E-state index contributed by atoms with van der Waals surface area (Å²) >= 11 is 0. The van der Waals surface area contributed by atoms with Gasteiger partial charge in [0.05, 0.1) is 18.8 Å². The molecule has 2 aliphatic heterocycles. The lowest BCUT2D eigenvalue weighted by atomic mass is 9.68. The molecule has 1 fully saturated rings. The Kier molecular flexibility index (Phi) is 7.67. The van der Waals surface area contributed by atoms with Crippen LogP contribution in [0.2, 0.25) is 0 Å². The van der Waals surface area contributed by atoms with Gasteiger partial charge in [0.15, 0.2) is 0 Å². The van der Waals surface area contributed by atoms with Gasteiger partial charge in [-0.1, -0.05) is 52.3 Å². The van der Waals surface area contributed by atoms with Crippen molar-refractivity contribution in [1.82, 2.24) is 15.5 Å². The zero-order valence-corrected chi connectivity index (χ0v) is 22.7. The highest BCUT2D eigenvalue weighted by Gasteiger charge is 2.43. The lowest BCUT2D eigenvalue weighted by Crippen LogP contribution is -2.64. The molecular formula is C30H43N3O3. The Balaban J connectivity index is 1.49. The summed E-state index contributed by atoms with van der Waals surface area (Å²) in [5.41, 5.74) is 2.90. The molecule has 3 N–H and O–H groups in total. The minimum atomic E-state index is -0.662. The second-order valence-corrected chi connectivity index (χ2v) is 11.4. The summed E-state index contributed by atoms with van der Waals surface area (Å²) < 4.78 is 5.37. The molecule has 36 heavy (non-hydrogen) atoms. The smallest absolute Gasteiger partial charge is 0.241 e. The first-order valence-corrected chi connectivity index (χ1v) is 13.3. The number of rotatable bonds is 7. The largest absolute Gasteiger partial charge is 0.508 e. The number of likely N-dealkylation sites (tertiary alicyclic amines) is 1. The molecule has 1 amide bonds. The summed E-state index contributed by atoms with van der Waals surface area (Å²) in [6.45, 7) is 13.5. The molecule has 0 aromatic heterocycles. The number of hydrogen-bond acceptors (Lipinski definition) is 5. The highest BCUT2D eigenvalue weighted by Crippen LogP contribution is 2.41. The van der Waals surface area contributed by atoms with Crippen LogP contribution in [0.3, 0.4) is 0 Å². The summed E-state index contributed by atoms with van der Waals surface area (Å²) in [6, 6.07) is 13.8. The molecule has 0 bridgehead atoms. The van der Waals surface area contributed by atoms with Crippen molar-refractivity contribution in [2.24, 2.45) is 11.8 Å². The van der Waals surface area contributed by atoms with Gasteiger partial charge in [-0.15, -0.1) is 0 Å². The highest BCUT2D eigenvalue weighted by molar-refractivity contribution is 5.87. The average Bonchev–Trinajstić information content (AvgIpc) is 2.88. The molecule has 6 heteroatoms. The maximum atomic E-state index is 13.7. The number of carbonyl (C=O) groups excluding carboxylic acids is 1. The Labute approximate surface area is 216 Å². The molecule has 2 aromatic carbocycles. The van der Waals surface area contributed by atoms with E-state index in [1.165, 1.54) is 16.7 Å². The maximum absolute atomic E-state index is 13.7. The second kappa shape index (κ2) is 10.4. The molecule has 2 aromatic rings. The predicted molar refractivity (Wildman–Crippen MR) is 144 cm³/mol. The molecule has 2 aliphatic rings. The van der Waals surface area contributed by atoms with Crippen molar-refractivity contribution < 1.29 is 14.6 Å². The van der Waals surface area contributed by atoms with Crippen LogP contribution < -0.4 is 15.4 Å². The van der Waals surface area contributed by atoms with Crippen LogP contribution in [0.5, 0.6) is 11.5 Å². The SMILES string of the molecule is CC[C@H](C)[C@@H](NC(=O)[C@@]1(C)Cc2ccc(OC)cc2CN1)N1CC[C@@](C)(c2cccc(O)c2)[C@@H](C)C1. The Morgan fingerprint density at radius 3 is 2.69 bits per heavy atom. The van der Waals surface area contributed by atoms with Gasteiger partial charge >= 0.3 is 0 Å². The number of hydrogen-bond donors (Lipinski definition) is 3. The van der Waals surface area contributed by atoms with Gasteiger partial charge in [0.25, 0.3) is 0 Å². The first-order chi connectivity index (χ1) is 17.1. The number of benzene rings is 2. The predicted octanol–water partition coefficient (Wildman–Crippen LogP) is 4.59. The quantitative estimate of drug-likeness (QED) is 0.526. The van der Waals surface area contributed by atoms with E-state index in [0.717, 1.165) is 31.7 Å². The maximum Gasteiger partial charge on any atom is 0.241 e. The molecular weight excluding hydrogens is 450 g/mol. The van der Waals surface area contributed by atoms with Gasteiger partial charge in [-0.2, -0.15) is 0 Å². The van der Waals surface area contributed by atoms with Crippen LogP contribution in [0.1, 0.15) is 64.2 Å². The van der Waals surface area contributed by atoms with Crippen LogP contribution in [-0.4, -0.2) is 47.8 Å². The van der Waals surface area contributed by atoms with Crippen molar-refractivity contribution in [2.75, 3.05) is 20.2 Å². The standard InChI is InChI=1S/C30H43N3O3/c1-7-20(2)27(33-14-13-29(4,21(3)19-33)24-9-8-10-25(34)16-24)32-28(35)30(5)17-22-11-12-26(36-6)15-23(22)18-31-30/h8-12,15-16,20-21,27,31,34H,7,13-14,17-19H2,1-6H3,(H,32,35)/t20-,21-,27-,29+,30+/m0/s1. The molecule has 196 valence electrons. The molecule has 0 spiro atoms. The minimum absolute atomic E-state index is 0.0130. The molecule has 0 unspecified atom stereocenters. The fourth-order valence-corrected chi connectivity index (χ4v) is 5.88. The Hall–Kier alpha value is -2.57. The summed E-state index contributed by atoms with van der Waals surface area (Å²) in [6.07, 6.45) is 2.60. The number of ether oxygens (including phenoxy) is 1. The third-order valence-corrected chi connectivity index (χ3v) is 9.00. The van der Waals surface area contributed by atoms with Crippen molar-refractivity contribution >= 4 is 5.91 Å². The zero-order valence-electron chi connectivity index (χ0n) is 22.7. The van der Waals surface area contributed by atoms with Crippen LogP contribution in [-0.2, 0) is 23.2 Å². The monoisotopic (exact) mass is 493 g/mol. The molecule has 4 rings (SSSR count). The minimum Gasteiger partial charge on any atom is -0.508 e. The average molecular weight is 494 g/mol.